The molecule has 0 aromatic carbocycles. The van der Waals surface area contributed by atoms with Gasteiger partial charge in [-0.05, 0) is 6.92 Å². The summed E-state index contributed by atoms with van der Waals surface area (Å²) < 4.78 is 0. The van der Waals surface area contributed by atoms with Crippen molar-refractivity contribution in [3.63, 3.8) is 0 Å². The molecule has 0 spiro atoms. The van der Waals surface area contributed by atoms with Crippen LogP contribution in [-0.2, 0) is 0 Å². The number of nitrogens with one attached hydrogen (secondary N) is 1. The first-order valence-electron chi connectivity index (χ1n) is 3.60. The van der Waals surface area contributed by atoms with E-state index in [2.05, 4.69) is 16.9 Å². The SMILES string of the molecule is C=C(C)CNC(=NC)N(C)C. The first-order chi connectivity index (χ1) is 5.07. The van der Waals surface area contributed by atoms with E-state index < -0.39 is 0 Å². The molecule has 0 rings (SSSR count). The molecule has 0 aliphatic rings. The molecule has 0 saturated carbocycles. The summed E-state index contributed by atoms with van der Waals surface area (Å²) >= 11 is 0. The number of guanidine groups is 1. The van der Waals surface area contributed by atoms with Crippen LogP contribution in [0.2, 0.25) is 0 Å². The van der Waals surface area contributed by atoms with Crippen LogP contribution < -0.4 is 5.32 Å². The third kappa shape index (κ3) is 4.42. The van der Waals surface area contributed by atoms with E-state index >= 15 is 0 Å². The predicted molar refractivity (Wildman–Crippen MR) is 49.9 cm³/mol. The van der Waals surface area contributed by atoms with E-state index in [1.807, 2.05) is 25.9 Å². The van der Waals surface area contributed by atoms with E-state index in [1.165, 1.54) is 0 Å². The van der Waals surface area contributed by atoms with Crippen LogP contribution in [0.3, 0.4) is 0 Å². The lowest BCUT2D eigenvalue weighted by Crippen LogP contribution is -2.36. The lowest BCUT2D eigenvalue weighted by Gasteiger charge is -2.16. The zero-order chi connectivity index (χ0) is 8.85. The molecule has 11 heavy (non-hydrogen) atoms. The lowest BCUT2D eigenvalue weighted by molar-refractivity contribution is 0.589. The van der Waals surface area contributed by atoms with Gasteiger partial charge in [-0.1, -0.05) is 12.2 Å². The van der Waals surface area contributed by atoms with Crippen LogP contribution in [0.4, 0.5) is 0 Å². The maximum Gasteiger partial charge on any atom is 0.193 e. The maximum atomic E-state index is 4.05. The summed E-state index contributed by atoms with van der Waals surface area (Å²) in [5.74, 6) is 0.882. The van der Waals surface area contributed by atoms with Gasteiger partial charge in [0.05, 0.1) is 0 Å². The van der Waals surface area contributed by atoms with Gasteiger partial charge >= 0.3 is 0 Å². The topological polar surface area (TPSA) is 27.6 Å². The van der Waals surface area contributed by atoms with Crippen molar-refractivity contribution in [3.8, 4) is 0 Å². The monoisotopic (exact) mass is 155 g/mol. The van der Waals surface area contributed by atoms with Gasteiger partial charge in [0, 0.05) is 27.7 Å². The number of rotatable bonds is 2. The van der Waals surface area contributed by atoms with Crippen LogP contribution in [0.5, 0.6) is 0 Å². The first-order valence-corrected chi connectivity index (χ1v) is 3.60. The average molecular weight is 155 g/mol. The van der Waals surface area contributed by atoms with Crippen LogP contribution in [-0.4, -0.2) is 38.5 Å². The molecule has 0 aliphatic heterocycles. The predicted octanol–water partition coefficient (Wildman–Crippen LogP) is 0.700. The second-order valence-electron chi connectivity index (χ2n) is 2.75. The van der Waals surface area contributed by atoms with Crippen molar-refractivity contribution in [2.45, 2.75) is 6.92 Å². The van der Waals surface area contributed by atoms with E-state index in [0.29, 0.717) is 0 Å². The summed E-state index contributed by atoms with van der Waals surface area (Å²) in [5.41, 5.74) is 1.10. The van der Waals surface area contributed by atoms with E-state index in [4.69, 9.17) is 0 Å². The Kier molecular flexibility index (Phi) is 4.34. The third-order valence-electron chi connectivity index (χ3n) is 1.18. The summed E-state index contributed by atoms with van der Waals surface area (Å²) in [6.07, 6.45) is 0. The van der Waals surface area contributed by atoms with Gasteiger partial charge in [0.25, 0.3) is 0 Å². The summed E-state index contributed by atoms with van der Waals surface area (Å²) in [4.78, 5) is 5.98. The largest absolute Gasteiger partial charge is 0.353 e. The Balaban J connectivity index is 3.81. The zero-order valence-electron chi connectivity index (χ0n) is 7.81. The smallest absolute Gasteiger partial charge is 0.193 e. The Hall–Kier alpha value is -0.990. The molecule has 64 valence electrons. The highest BCUT2D eigenvalue weighted by molar-refractivity contribution is 5.79. The van der Waals surface area contributed by atoms with E-state index in [-0.39, 0.29) is 0 Å². The quantitative estimate of drug-likeness (QED) is 0.361. The van der Waals surface area contributed by atoms with Crippen molar-refractivity contribution in [1.29, 1.82) is 0 Å². The van der Waals surface area contributed by atoms with Gasteiger partial charge in [-0.2, -0.15) is 0 Å². The Morgan fingerprint density at radius 3 is 2.36 bits per heavy atom. The highest BCUT2D eigenvalue weighted by Crippen LogP contribution is 1.84. The van der Waals surface area contributed by atoms with Crippen molar-refractivity contribution in [2.24, 2.45) is 4.99 Å². The molecule has 0 atom stereocenters. The molecule has 0 amide bonds. The normalized spacial score (nSPS) is 11.1. The standard InChI is InChI=1S/C8H17N3/c1-7(2)6-10-8(9-3)11(4)5/h1,6H2,2-5H3,(H,9,10). The molecule has 0 aliphatic carbocycles. The van der Waals surface area contributed by atoms with E-state index in [0.717, 1.165) is 18.1 Å². The van der Waals surface area contributed by atoms with Gasteiger partial charge in [0.1, 0.15) is 0 Å². The molecule has 0 aromatic heterocycles. The maximum absolute atomic E-state index is 4.05. The summed E-state index contributed by atoms with van der Waals surface area (Å²) in [6.45, 7) is 6.55. The minimum absolute atomic E-state index is 0.783. The second kappa shape index (κ2) is 4.77. The molecule has 0 saturated heterocycles. The molecular weight excluding hydrogens is 138 g/mol. The van der Waals surface area contributed by atoms with Crippen LogP contribution in [0.15, 0.2) is 17.1 Å². The van der Waals surface area contributed by atoms with Gasteiger partial charge in [0.2, 0.25) is 0 Å². The van der Waals surface area contributed by atoms with Crippen molar-refractivity contribution < 1.29 is 0 Å². The van der Waals surface area contributed by atoms with Crippen LogP contribution in [0.1, 0.15) is 6.92 Å². The fourth-order valence-electron chi connectivity index (χ4n) is 0.667. The number of hydrogen-bond donors (Lipinski definition) is 1. The zero-order valence-corrected chi connectivity index (χ0v) is 7.81. The van der Waals surface area contributed by atoms with Gasteiger partial charge in [-0.25, -0.2) is 0 Å². The minimum Gasteiger partial charge on any atom is -0.353 e. The Labute approximate surface area is 68.8 Å². The molecule has 1 N–H and O–H groups in total. The lowest BCUT2D eigenvalue weighted by atomic mass is 10.3. The molecule has 0 aromatic rings. The number of aliphatic imine (C=N–C) groups is 1. The van der Waals surface area contributed by atoms with Crippen LogP contribution in [0.25, 0.3) is 0 Å². The molecule has 0 unspecified atom stereocenters. The van der Waals surface area contributed by atoms with E-state index in [1.54, 1.807) is 7.05 Å². The third-order valence-corrected chi connectivity index (χ3v) is 1.18. The van der Waals surface area contributed by atoms with Gasteiger partial charge in [-0.3, -0.25) is 4.99 Å². The Morgan fingerprint density at radius 2 is 2.09 bits per heavy atom. The van der Waals surface area contributed by atoms with Crippen LogP contribution in [0, 0.1) is 0 Å². The molecule has 0 heterocycles. The van der Waals surface area contributed by atoms with Gasteiger partial charge in [-0.15, -0.1) is 0 Å². The fourth-order valence-corrected chi connectivity index (χ4v) is 0.667. The minimum atomic E-state index is 0.783. The summed E-state index contributed by atoms with van der Waals surface area (Å²) in [5, 5.41) is 3.14. The first kappa shape index (κ1) is 10.0. The number of nitrogens with zero attached hydrogens (tertiary/aromatic N) is 2. The molecule has 0 radical (unpaired) electrons. The number of hydrogen-bond acceptors (Lipinski definition) is 1. The molecule has 3 nitrogen and oxygen atoms in total. The fraction of sp³-hybridized carbons (Fsp3) is 0.625. The van der Waals surface area contributed by atoms with Crippen molar-refractivity contribution in [2.75, 3.05) is 27.7 Å². The highest BCUT2D eigenvalue weighted by Gasteiger charge is 1.97. The average Bonchev–Trinajstić information content (AvgIpc) is 1.87. The molecular formula is C8H17N3. The van der Waals surface area contributed by atoms with Crippen LogP contribution >= 0.6 is 0 Å². The van der Waals surface area contributed by atoms with Gasteiger partial charge in [0.15, 0.2) is 5.96 Å². The van der Waals surface area contributed by atoms with Crippen molar-refractivity contribution >= 4 is 5.96 Å². The van der Waals surface area contributed by atoms with Crippen molar-refractivity contribution in [3.05, 3.63) is 12.2 Å². The Bertz CT molecular complexity index is 159. The molecule has 0 bridgehead atoms. The molecule has 0 fully saturated rings. The van der Waals surface area contributed by atoms with Crippen molar-refractivity contribution in [1.82, 2.24) is 10.2 Å². The van der Waals surface area contributed by atoms with E-state index in [9.17, 15) is 0 Å². The summed E-state index contributed by atoms with van der Waals surface area (Å²) in [7, 11) is 5.67. The second-order valence-corrected chi connectivity index (χ2v) is 2.75. The van der Waals surface area contributed by atoms with Gasteiger partial charge < -0.3 is 10.2 Å². The Morgan fingerprint density at radius 1 is 1.55 bits per heavy atom. The molecule has 3 heteroatoms. The summed E-state index contributed by atoms with van der Waals surface area (Å²) in [6, 6.07) is 0. The highest BCUT2D eigenvalue weighted by atomic mass is 15.3.